The van der Waals surface area contributed by atoms with E-state index in [0.29, 0.717) is 11.2 Å². The third kappa shape index (κ3) is 5.26. The molecule has 4 aliphatic carbocycles. The number of ether oxygens (including phenoxy) is 2. The van der Waals surface area contributed by atoms with Crippen molar-refractivity contribution in [2.45, 2.75) is 111 Å². The maximum Gasteiger partial charge on any atom is 0.514 e. The molecule has 0 bridgehead atoms. The molecule has 4 aliphatic rings. The van der Waals surface area contributed by atoms with Gasteiger partial charge < -0.3 is 9.47 Å². The summed E-state index contributed by atoms with van der Waals surface area (Å²) in [5.74, 6) is 5.64. The summed E-state index contributed by atoms with van der Waals surface area (Å²) in [7, 11) is 0. The molecule has 5 rings (SSSR count). The van der Waals surface area contributed by atoms with Crippen LogP contribution in [0.4, 0.5) is 4.79 Å². The lowest BCUT2D eigenvalue weighted by Crippen LogP contribution is -2.51. The Kier molecular flexibility index (Phi) is 7.81. The van der Waals surface area contributed by atoms with E-state index in [1.807, 2.05) is 18.2 Å². The number of hydrogen-bond donors (Lipinski definition) is 0. The fourth-order valence-electron chi connectivity index (χ4n) is 9.50. The molecule has 0 heterocycles. The average Bonchev–Trinajstić information content (AvgIpc) is 3.22. The molecule has 3 saturated carbocycles. The van der Waals surface area contributed by atoms with Crippen molar-refractivity contribution in [3.8, 4) is 5.75 Å². The number of fused-ring (bicyclic) bond motifs is 5. The highest BCUT2D eigenvalue weighted by molar-refractivity contribution is 5.64. The lowest BCUT2D eigenvalue weighted by molar-refractivity contribution is -0.0597. The van der Waals surface area contributed by atoms with E-state index in [9.17, 15) is 4.79 Å². The molecule has 0 aliphatic heterocycles. The van der Waals surface area contributed by atoms with Gasteiger partial charge in [0, 0.05) is 6.42 Å². The van der Waals surface area contributed by atoms with Crippen LogP contribution in [0.3, 0.4) is 0 Å². The van der Waals surface area contributed by atoms with E-state index in [2.05, 4.69) is 40.7 Å². The summed E-state index contributed by atoms with van der Waals surface area (Å²) >= 11 is 0. The topological polar surface area (TPSA) is 35.5 Å². The average molecular weight is 507 g/mol. The highest BCUT2D eigenvalue weighted by Gasteiger charge is 2.59. The molecule has 0 aromatic heterocycles. The van der Waals surface area contributed by atoms with Crippen LogP contribution in [0.5, 0.6) is 5.75 Å². The normalized spacial score (nSPS) is 37.7. The molecule has 3 unspecified atom stereocenters. The highest BCUT2D eigenvalue weighted by atomic mass is 16.7. The minimum absolute atomic E-state index is 0.0662. The maximum atomic E-state index is 12.4. The SMILES string of the molecule is CC(C)CCC[C@@H](C)[C@H]1CCC2C3CC=C4C[C@@H](OC(=O)Oc5ccccc5)CC[C@]4(C)C3CC[C@@]21C. The summed E-state index contributed by atoms with van der Waals surface area (Å²) in [5, 5.41) is 0. The summed E-state index contributed by atoms with van der Waals surface area (Å²) in [5.41, 5.74) is 2.36. The van der Waals surface area contributed by atoms with Crippen LogP contribution >= 0.6 is 0 Å². The number of hydrogen-bond acceptors (Lipinski definition) is 3. The van der Waals surface area contributed by atoms with Crippen molar-refractivity contribution in [1.82, 2.24) is 0 Å². The zero-order chi connectivity index (χ0) is 26.2. The van der Waals surface area contributed by atoms with Crippen LogP contribution in [0.25, 0.3) is 0 Å². The first-order valence-corrected chi connectivity index (χ1v) is 15.3. The van der Waals surface area contributed by atoms with Gasteiger partial charge in [-0.2, -0.15) is 0 Å². The molecule has 1 aromatic carbocycles. The predicted octanol–water partition coefficient (Wildman–Crippen LogP) is 9.61. The molecule has 3 fully saturated rings. The zero-order valence-electron chi connectivity index (χ0n) is 24.0. The number of carbonyl (C=O) groups excluding carboxylic acids is 1. The Labute approximate surface area is 225 Å². The molecule has 3 nitrogen and oxygen atoms in total. The van der Waals surface area contributed by atoms with E-state index in [-0.39, 0.29) is 11.5 Å². The Bertz CT molecular complexity index is 967. The van der Waals surface area contributed by atoms with E-state index >= 15 is 0 Å². The summed E-state index contributed by atoms with van der Waals surface area (Å²) in [6.45, 7) is 12.5. The third-order valence-corrected chi connectivity index (χ3v) is 11.5. The number of para-hydroxylation sites is 1. The summed E-state index contributed by atoms with van der Waals surface area (Å²) in [4.78, 5) is 12.4. The number of allylic oxidation sites excluding steroid dienone is 1. The van der Waals surface area contributed by atoms with Crippen molar-refractivity contribution in [3.05, 3.63) is 42.0 Å². The van der Waals surface area contributed by atoms with Gasteiger partial charge in [0.25, 0.3) is 0 Å². The van der Waals surface area contributed by atoms with E-state index in [1.54, 1.807) is 17.7 Å². The molecule has 8 atom stereocenters. The summed E-state index contributed by atoms with van der Waals surface area (Å²) in [6, 6.07) is 9.23. The van der Waals surface area contributed by atoms with Gasteiger partial charge in [-0.1, -0.05) is 83.7 Å². The summed E-state index contributed by atoms with van der Waals surface area (Å²) < 4.78 is 11.2. The van der Waals surface area contributed by atoms with Crippen LogP contribution < -0.4 is 4.74 Å². The van der Waals surface area contributed by atoms with Crippen molar-refractivity contribution in [2.24, 2.45) is 46.3 Å². The standard InChI is InChI=1S/C34H50O3/c1-23(2)10-9-11-24(3)29-16-17-30-28-15-14-25-22-27(37-32(35)36-26-12-7-6-8-13-26)18-20-33(25,4)31(28)19-21-34(29,30)5/h6-8,12-14,23-24,27-31H,9-11,15-22H2,1-5H3/t24-,27+,28?,29-,30?,31?,33+,34-/m1/s1. The Morgan fingerprint density at radius 3 is 2.51 bits per heavy atom. The minimum atomic E-state index is -0.568. The highest BCUT2D eigenvalue weighted by Crippen LogP contribution is 2.67. The largest absolute Gasteiger partial charge is 0.514 e. The molecule has 0 saturated heterocycles. The van der Waals surface area contributed by atoms with Gasteiger partial charge in [-0.15, -0.1) is 0 Å². The molecular weight excluding hydrogens is 456 g/mol. The molecule has 0 N–H and O–H groups in total. The number of carbonyl (C=O) groups is 1. The predicted molar refractivity (Wildman–Crippen MR) is 150 cm³/mol. The Hall–Kier alpha value is -1.77. The van der Waals surface area contributed by atoms with Gasteiger partial charge >= 0.3 is 6.16 Å². The van der Waals surface area contributed by atoms with Crippen LogP contribution in [-0.2, 0) is 4.74 Å². The molecular formula is C34H50O3. The Morgan fingerprint density at radius 1 is 0.973 bits per heavy atom. The van der Waals surface area contributed by atoms with Crippen molar-refractivity contribution < 1.29 is 14.3 Å². The molecule has 0 radical (unpaired) electrons. The number of rotatable bonds is 7. The fraction of sp³-hybridized carbons (Fsp3) is 0.735. The first-order valence-electron chi connectivity index (χ1n) is 15.3. The molecule has 0 spiro atoms. The minimum Gasteiger partial charge on any atom is -0.430 e. The van der Waals surface area contributed by atoms with Crippen LogP contribution in [0.1, 0.15) is 105 Å². The second-order valence-electron chi connectivity index (χ2n) is 13.9. The zero-order valence-corrected chi connectivity index (χ0v) is 24.0. The first kappa shape index (κ1) is 26.8. The molecule has 1 aromatic rings. The molecule has 37 heavy (non-hydrogen) atoms. The Morgan fingerprint density at radius 2 is 1.76 bits per heavy atom. The third-order valence-electron chi connectivity index (χ3n) is 11.5. The van der Waals surface area contributed by atoms with Crippen molar-refractivity contribution in [3.63, 3.8) is 0 Å². The van der Waals surface area contributed by atoms with Gasteiger partial charge in [-0.25, -0.2) is 4.79 Å². The van der Waals surface area contributed by atoms with Crippen LogP contribution in [0, 0.1) is 46.3 Å². The van der Waals surface area contributed by atoms with Crippen molar-refractivity contribution in [1.29, 1.82) is 0 Å². The lowest BCUT2D eigenvalue weighted by Gasteiger charge is -2.58. The van der Waals surface area contributed by atoms with E-state index < -0.39 is 6.16 Å². The Balaban J connectivity index is 1.22. The monoisotopic (exact) mass is 506 g/mol. The first-order chi connectivity index (χ1) is 17.7. The van der Waals surface area contributed by atoms with Gasteiger partial charge in [0.15, 0.2) is 0 Å². The van der Waals surface area contributed by atoms with Crippen molar-refractivity contribution in [2.75, 3.05) is 0 Å². The molecule has 204 valence electrons. The second kappa shape index (κ2) is 10.8. The van der Waals surface area contributed by atoms with E-state index in [1.165, 1.54) is 51.4 Å². The van der Waals surface area contributed by atoms with Crippen molar-refractivity contribution >= 4 is 6.16 Å². The number of benzene rings is 1. The van der Waals surface area contributed by atoms with Crippen LogP contribution in [-0.4, -0.2) is 12.3 Å². The van der Waals surface area contributed by atoms with Crippen LogP contribution in [0.15, 0.2) is 42.0 Å². The van der Waals surface area contributed by atoms with Gasteiger partial charge in [0.05, 0.1) is 0 Å². The quantitative estimate of drug-likeness (QED) is 0.210. The van der Waals surface area contributed by atoms with Gasteiger partial charge in [-0.05, 0) is 103 Å². The smallest absolute Gasteiger partial charge is 0.430 e. The summed E-state index contributed by atoms with van der Waals surface area (Å²) in [6.07, 6.45) is 16.0. The fourth-order valence-corrected chi connectivity index (χ4v) is 9.50. The molecule has 3 heteroatoms. The van der Waals surface area contributed by atoms with Crippen LogP contribution in [0.2, 0.25) is 0 Å². The van der Waals surface area contributed by atoms with E-state index in [4.69, 9.17) is 9.47 Å². The maximum absolute atomic E-state index is 12.4. The molecule has 0 amide bonds. The van der Waals surface area contributed by atoms with Gasteiger partial charge in [-0.3, -0.25) is 0 Å². The lowest BCUT2D eigenvalue weighted by atomic mass is 9.47. The second-order valence-corrected chi connectivity index (χ2v) is 13.9. The van der Waals surface area contributed by atoms with Gasteiger partial charge in [0.1, 0.15) is 11.9 Å². The van der Waals surface area contributed by atoms with E-state index in [0.717, 1.165) is 54.8 Å². The van der Waals surface area contributed by atoms with Gasteiger partial charge in [0.2, 0.25) is 0 Å².